The van der Waals surface area contributed by atoms with Gasteiger partial charge < -0.3 is 19.3 Å². The predicted molar refractivity (Wildman–Crippen MR) is 122 cm³/mol. The maximum absolute atomic E-state index is 12.8. The van der Waals surface area contributed by atoms with Gasteiger partial charge in [-0.15, -0.1) is 0 Å². The van der Waals surface area contributed by atoms with Gasteiger partial charge in [0.05, 0.1) is 18.8 Å². The van der Waals surface area contributed by atoms with E-state index in [4.69, 9.17) is 9.47 Å². The van der Waals surface area contributed by atoms with E-state index in [0.29, 0.717) is 31.7 Å². The Hall–Kier alpha value is -2.51. The van der Waals surface area contributed by atoms with E-state index >= 15 is 0 Å². The first-order valence-electron chi connectivity index (χ1n) is 11.5. The topological polar surface area (TPSA) is 24.9 Å². The Balaban J connectivity index is 1.20. The van der Waals surface area contributed by atoms with Gasteiger partial charge in [0.1, 0.15) is 5.60 Å². The molecule has 7 heteroatoms. The molecule has 3 fully saturated rings. The van der Waals surface area contributed by atoms with E-state index in [2.05, 4.69) is 40.6 Å². The van der Waals surface area contributed by atoms with E-state index in [1.807, 2.05) is 6.92 Å². The van der Waals surface area contributed by atoms with Crippen LogP contribution in [0.25, 0.3) is 5.70 Å². The average Bonchev–Trinajstić information content (AvgIpc) is 3.35. The molecule has 0 N–H and O–H groups in total. The maximum atomic E-state index is 12.8. The van der Waals surface area contributed by atoms with Gasteiger partial charge in [-0.1, -0.05) is 30.8 Å². The van der Waals surface area contributed by atoms with Crippen molar-refractivity contribution in [3.05, 3.63) is 71.8 Å². The molecule has 3 aliphatic rings. The maximum Gasteiger partial charge on any atom is 0.416 e. The second-order valence-corrected chi connectivity index (χ2v) is 9.32. The van der Waals surface area contributed by atoms with Gasteiger partial charge in [-0.25, -0.2) is 0 Å². The van der Waals surface area contributed by atoms with E-state index in [9.17, 15) is 13.2 Å². The van der Waals surface area contributed by atoms with Gasteiger partial charge in [0, 0.05) is 56.0 Å². The molecule has 33 heavy (non-hydrogen) atoms. The van der Waals surface area contributed by atoms with Crippen LogP contribution in [0.5, 0.6) is 0 Å². The molecule has 176 valence electrons. The summed E-state index contributed by atoms with van der Waals surface area (Å²) in [6.07, 6.45) is -4.30. The molecule has 0 aromatic heterocycles. The minimum Gasteiger partial charge on any atom is -0.375 e. The molecule has 0 amide bonds. The largest absolute Gasteiger partial charge is 0.416 e. The molecule has 0 spiro atoms. The quantitative estimate of drug-likeness (QED) is 0.608. The molecule has 3 saturated heterocycles. The number of likely N-dealkylation sites (tertiary alicyclic amines) is 1. The van der Waals surface area contributed by atoms with Crippen LogP contribution in [-0.4, -0.2) is 50.9 Å². The molecule has 5 rings (SSSR count). The summed E-state index contributed by atoms with van der Waals surface area (Å²) in [5.74, 6) is 0.966. The number of fused-ring (bicyclic) bond motifs is 1. The number of benzene rings is 2. The molecule has 3 heterocycles. The van der Waals surface area contributed by atoms with Crippen LogP contribution >= 0.6 is 0 Å². The van der Waals surface area contributed by atoms with Crippen molar-refractivity contribution in [1.29, 1.82) is 0 Å². The highest BCUT2D eigenvalue weighted by molar-refractivity contribution is 5.63. The molecule has 2 aromatic rings. The number of ether oxygens (including phenoxy) is 2. The third kappa shape index (κ3) is 4.13. The summed E-state index contributed by atoms with van der Waals surface area (Å²) < 4.78 is 49.9. The SMILES string of the molecule is C=C(c1ccc(C2(OCC)COC2)cc1)N1CC2CN(c3ccc(C(F)(F)F)cc3)CC2C1. The van der Waals surface area contributed by atoms with Gasteiger partial charge in [-0.05, 0) is 42.3 Å². The Morgan fingerprint density at radius 1 is 1.00 bits per heavy atom. The van der Waals surface area contributed by atoms with Crippen LogP contribution in [0.3, 0.4) is 0 Å². The fourth-order valence-corrected chi connectivity index (χ4v) is 5.33. The van der Waals surface area contributed by atoms with Crippen molar-refractivity contribution in [3.8, 4) is 0 Å². The molecule has 3 aliphatic heterocycles. The summed E-state index contributed by atoms with van der Waals surface area (Å²) in [4.78, 5) is 4.55. The monoisotopic (exact) mass is 458 g/mol. The zero-order valence-electron chi connectivity index (χ0n) is 18.8. The first-order valence-corrected chi connectivity index (χ1v) is 11.5. The molecule has 2 atom stereocenters. The van der Waals surface area contributed by atoms with E-state index in [1.54, 1.807) is 12.1 Å². The lowest BCUT2D eigenvalue weighted by atomic mass is 9.90. The van der Waals surface area contributed by atoms with E-state index in [1.165, 1.54) is 12.1 Å². The van der Waals surface area contributed by atoms with Crippen LogP contribution in [0, 0.1) is 11.8 Å². The number of nitrogens with zero attached hydrogens (tertiary/aromatic N) is 2. The lowest BCUT2D eigenvalue weighted by molar-refractivity contribution is -0.214. The molecule has 2 aromatic carbocycles. The minimum atomic E-state index is -4.30. The number of alkyl halides is 3. The van der Waals surface area contributed by atoms with E-state index < -0.39 is 11.7 Å². The fraction of sp³-hybridized carbons (Fsp3) is 0.462. The van der Waals surface area contributed by atoms with Crippen LogP contribution in [0.1, 0.15) is 23.6 Å². The highest BCUT2D eigenvalue weighted by Gasteiger charge is 2.42. The zero-order chi connectivity index (χ0) is 23.2. The summed E-state index contributed by atoms with van der Waals surface area (Å²) in [5.41, 5.74) is 3.20. The van der Waals surface area contributed by atoms with Gasteiger partial charge >= 0.3 is 6.18 Å². The molecule has 2 unspecified atom stereocenters. The first-order chi connectivity index (χ1) is 15.8. The van der Waals surface area contributed by atoms with Crippen molar-refractivity contribution < 1.29 is 22.6 Å². The molecule has 0 radical (unpaired) electrons. The van der Waals surface area contributed by atoms with Gasteiger partial charge in [0.25, 0.3) is 0 Å². The summed E-state index contributed by atoms with van der Waals surface area (Å²) in [6.45, 7) is 11.7. The van der Waals surface area contributed by atoms with Gasteiger partial charge in [0.2, 0.25) is 0 Å². The Morgan fingerprint density at radius 2 is 1.61 bits per heavy atom. The molecule has 0 aliphatic carbocycles. The highest BCUT2D eigenvalue weighted by Crippen LogP contribution is 2.39. The number of anilines is 1. The van der Waals surface area contributed by atoms with E-state index in [0.717, 1.165) is 48.7 Å². The van der Waals surface area contributed by atoms with Crippen molar-refractivity contribution in [3.63, 3.8) is 0 Å². The van der Waals surface area contributed by atoms with Crippen molar-refractivity contribution in [2.75, 3.05) is 50.9 Å². The van der Waals surface area contributed by atoms with Crippen molar-refractivity contribution in [2.24, 2.45) is 11.8 Å². The second kappa shape index (κ2) is 8.37. The Morgan fingerprint density at radius 3 is 2.09 bits per heavy atom. The van der Waals surface area contributed by atoms with Crippen LogP contribution in [0.4, 0.5) is 18.9 Å². The second-order valence-electron chi connectivity index (χ2n) is 9.32. The third-order valence-electron chi connectivity index (χ3n) is 7.26. The van der Waals surface area contributed by atoms with Gasteiger partial charge in [-0.2, -0.15) is 13.2 Å². The van der Waals surface area contributed by atoms with Crippen LogP contribution in [0.15, 0.2) is 55.1 Å². The first kappa shape index (κ1) is 22.3. The van der Waals surface area contributed by atoms with E-state index in [-0.39, 0.29) is 5.60 Å². The Kier molecular flexibility index (Phi) is 5.65. The summed E-state index contributed by atoms with van der Waals surface area (Å²) in [7, 11) is 0. The molecule has 0 saturated carbocycles. The Bertz CT molecular complexity index is 986. The van der Waals surface area contributed by atoms with Crippen LogP contribution < -0.4 is 4.90 Å². The standard InChI is InChI=1S/C26H29F3N2O2/c1-3-33-25(16-32-17-25)22-6-4-19(5-7-22)18(2)30-12-20-14-31(15-21(20)13-30)24-10-8-23(9-11-24)26(27,28)29/h4-11,20-21H,2-3,12-17H2,1H3. The summed E-state index contributed by atoms with van der Waals surface area (Å²) >= 11 is 0. The Labute approximate surface area is 192 Å². The van der Waals surface area contributed by atoms with Gasteiger partial charge in [-0.3, -0.25) is 0 Å². The lowest BCUT2D eigenvalue weighted by Gasteiger charge is -2.41. The number of hydrogen-bond donors (Lipinski definition) is 0. The zero-order valence-corrected chi connectivity index (χ0v) is 18.8. The summed E-state index contributed by atoms with van der Waals surface area (Å²) in [6, 6.07) is 14.0. The van der Waals surface area contributed by atoms with Gasteiger partial charge in [0.15, 0.2) is 0 Å². The minimum absolute atomic E-state index is 0.318. The highest BCUT2D eigenvalue weighted by atomic mass is 19.4. The average molecular weight is 459 g/mol. The molecule has 4 nitrogen and oxygen atoms in total. The van der Waals surface area contributed by atoms with Crippen LogP contribution in [0.2, 0.25) is 0 Å². The predicted octanol–water partition coefficient (Wildman–Crippen LogP) is 5.01. The van der Waals surface area contributed by atoms with Crippen LogP contribution in [-0.2, 0) is 21.3 Å². The third-order valence-corrected chi connectivity index (χ3v) is 7.26. The molecule has 0 bridgehead atoms. The van der Waals surface area contributed by atoms with Crippen molar-refractivity contribution >= 4 is 11.4 Å². The smallest absolute Gasteiger partial charge is 0.375 e. The fourth-order valence-electron chi connectivity index (χ4n) is 5.33. The number of rotatable bonds is 6. The van der Waals surface area contributed by atoms with Crippen molar-refractivity contribution in [2.45, 2.75) is 18.7 Å². The molecular weight excluding hydrogens is 429 g/mol. The summed E-state index contributed by atoms with van der Waals surface area (Å²) in [5, 5.41) is 0. The van der Waals surface area contributed by atoms with Crippen molar-refractivity contribution in [1.82, 2.24) is 4.90 Å². The lowest BCUT2D eigenvalue weighted by Crippen LogP contribution is -2.49. The number of halogens is 3. The number of hydrogen-bond acceptors (Lipinski definition) is 4. The normalized spacial score (nSPS) is 24.0. The molecular formula is C26H29F3N2O2.